The first-order valence-corrected chi connectivity index (χ1v) is 30.8. The number of carbonyl (C=O) groups is 3. The molecule has 8 aliphatic rings. The fraction of sp³-hybridized carbons (Fsp3) is 0.944. The van der Waals surface area contributed by atoms with Crippen LogP contribution in [0.4, 0.5) is 0 Å². The Bertz CT molecular complexity index is 2470. The molecule has 8 fully saturated rings. The summed E-state index contributed by atoms with van der Waals surface area (Å²) in [7, 11) is 0. The van der Waals surface area contributed by atoms with Crippen LogP contribution in [0.25, 0.3) is 0 Å². The molecule has 0 radical (unpaired) electrons. The number of ether oxygens (including phenoxy) is 15. The van der Waals surface area contributed by atoms with Crippen molar-refractivity contribution >= 4 is 17.7 Å². The Balaban J connectivity index is 0.965. The molecular weight excluding hydrogens is 1310 g/mol. The summed E-state index contributed by atoms with van der Waals surface area (Å²) in [6.07, 6.45) is -69.8. The smallest absolute Gasteiger partial charge is 0.217 e. The fourth-order valence-corrected chi connectivity index (χ4v) is 12.5. The van der Waals surface area contributed by atoms with Gasteiger partial charge in [-0.15, -0.1) is 0 Å². The molecule has 0 saturated carbocycles. The van der Waals surface area contributed by atoms with Gasteiger partial charge in [-0.25, -0.2) is 0 Å². The first-order valence-electron chi connectivity index (χ1n) is 30.8. The Hall–Kier alpha value is -3.03. The molecule has 8 aliphatic heterocycles. The maximum atomic E-state index is 12.8. The van der Waals surface area contributed by atoms with Gasteiger partial charge in [-0.05, 0) is 13.8 Å². The maximum Gasteiger partial charge on any atom is 0.217 e. The third-order valence-corrected chi connectivity index (χ3v) is 17.8. The van der Waals surface area contributed by atoms with Crippen LogP contribution in [-0.2, 0) is 85.4 Å². The van der Waals surface area contributed by atoms with E-state index in [2.05, 4.69) is 16.0 Å². The van der Waals surface area contributed by atoms with Crippen LogP contribution >= 0.6 is 0 Å². The molecule has 0 aromatic carbocycles. The van der Waals surface area contributed by atoms with Gasteiger partial charge in [-0.3, -0.25) is 14.4 Å². The summed E-state index contributed by atoms with van der Waals surface area (Å²) < 4.78 is 87.2. The highest BCUT2D eigenvalue weighted by Crippen LogP contribution is 2.39. The van der Waals surface area contributed by atoms with Gasteiger partial charge >= 0.3 is 0 Å². The fourth-order valence-electron chi connectivity index (χ4n) is 12.5. The average molecular weight is 1410 g/mol. The predicted octanol–water partition coefficient (Wildman–Crippen LogP) is -16.0. The van der Waals surface area contributed by atoms with Crippen molar-refractivity contribution in [2.75, 3.05) is 39.6 Å². The van der Waals surface area contributed by atoms with Gasteiger partial charge in [0.05, 0.1) is 51.8 Å². The third-order valence-electron chi connectivity index (χ3n) is 17.8. The lowest BCUT2D eigenvalue weighted by Gasteiger charge is -2.51. The Morgan fingerprint density at radius 2 is 0.615 bits per heavy atom. The minimum Gasteiger partial charge on any atom is -0.394 e. The molecule has 0 bridgehead atoms. The zero-order valence-electron chi connectivity index (χ0n) is 52.1. The number of nitrogens with one attached hydrogen (secondary N) is 3. The molecule has 8 heterocycles. The maximum absolute atomic E-state index is 12.8. The molecule has 0 aromatic heterocycles. The number of carbonyl (C=O) groups excluding carboxylic acids is 3. The molecule has 42 heteroatoms. The van der Waals surface area contributed by atoms with Crippen molar-refractivity contribution in [3.63, 3.8) is 0 Å². The van der Waals surface area contributed by atoms with Gasteiger partial charge in [0.25, 0.3) is 0 Å². The van der Waals surface area contributed by atoms with Crippen molar-refractivity contribution in [3.05, 3.63) is 0 Å². The van der Waals surface area contributed by atoms with Gasteiger partial charge in [0.15, 0.2) is 50.3 Å². The summed E-state index contributed by atoms with van der Waals surface area (Å²) >= 11 is 0. The van der Waals surface area contributed by atoms with Crippen molar-refractivity contribution in [2.24, 2.45) is 0 Å². The topological polar surface area (TPSA) is 651 Å². The number of hydrogen-bond acceptors (Lipinski definition) is 39. The van der Waals surface area contributed by atoms with Crippen molar-refractivity contribution < 1.29 is 193 Å². The van der Waals surface area contributed by atoms with E-state index in [4.69, 9.17) is 71.1 Å². The van der Waals surface area contributed by atoms with Gasteiger partial charge in [0.1, 0.15) is 183 Å². The average Bonchev–Trinajstić information content (AvgIpc) is 0.775. The highest BCUT2D eigenvalue weighted by Gasteiger charge is 2.60. The van der Waals surface area contributed by atoms with Crippen LogP contribution < -0.4 is 16.0 Å². The summed E-state index contributed by atoms with van der Waals surface area (Å²) in [6, 6.07) is -5.28. The van der Waals surface area contributed by atoms with E-state index in [1.165, 1.54) is 13.8 Å². The monoisotopic (exact) mass is 1410 g/mol. The molecule has 40 atom stereocenters. The number of amides is 3. The minimum absolute atomic E-state index is 0.752. The lowest BCUT2D eigenvalue weighted by atomic mass is 9.93. The van der Waals surface area contributed by atoms with E-state index in [1.807, 2.05) is 0 Å². The lowest BCUT2D eigenvalue weighted by Crippen LogP contribution is -2.70. The molecule has 3 amide bonds. The van der Waals surface area contributed by atoms with E-state index in [9.17, 15) is 122 Å². The van der Waals surface area contributed by atoms with Gasteiger partial charge in [-0.1, -0.05) is 0 Å². The second-order valence-electron chi connectivity index (χ2n) is 24.6. The molecular formula is C54H91N3O39. The summed E-state index contributed by atoms with van der Waals surface area (Å²) in [5.41, 5.74) is 0. The zero-order chi connectivity index (χ0) is 70.8. The van der Waals surface area contributed by atoms with Crippen molar-refractivity contribution in [1.82, 2.24) is 16.0 Å². The minimum atomic E-state index is -2.33. The molecule has 556 valence electrons. The number of aliphatic hydroxyl groups is 21. The Morgan fingerprint density at radius 1 is 0.292 bits per heavy atom. The van der Waals surface area contributed by atoms with Crippen LogP contribution in [0.5, 0.6) is 0 Å². The number of rotatable bonds is 23. The molecule has 8 saturated heterocycles. The quantitative estimate of drug-likeness (QED) is 0.0452. The van der Waals surface area contributed by atoms with Crippen LogP contribution in [0.15, 0.2) is 0 Å². The summed E-state index contributed by atoms with van der Waals surface area (Å²) in [6.45, 7) is -0.390. The number of hydrogen-bond donors (Lipinski definition) is 24. The molecule has 0 aliphatic carbocycles. The summed E-state index contributed by atoms with van der Waals surface area (Å²) in [5, 5.41) is 237. The molecule has 42 nitrogen and oxygen atoms in total. The van der Waals surface area contributed by atoms with Gasteiger partial charge in [0, 0.05) is 20.8 Å². The Morgan fingerprint density at radius 3 is 1.10 bits per heavy atom. The zero-order valence-corrected chi connectivity index (χ0v) is 52.1. The Kier molecular flexibility index (Phi) is 27.7. The molecule has 1 unspecified atom stereocenters. The van der Waals surface area contributed by atoms with Crippen molar-refractivity contribution in [2.45, 2.75) is 280 Å². The molecule has 0 spiro atoms. The normalized spacial score (nSPS) is 50.3. The van der Waals surface area contributed by atoms with E-state index in [0.717, 1.165) is 20.8 Å². The third kappa shape index (κ3) is 17.0. The molecule has 24 N–H and O–H groups in total. The first kappa shape index (κ1) is 78.7. The Labute approximate surface area is 545 Å². The van der Waals surface area contributed by atoms with Crippen molar-refractivity contribution in [1.29, 1.82) is 0 Å². The largest absolute Gasteiger partial charge is 0.394 e. The number of aliphatic hydroxyl groups excluding tert-OH is 21. The standard InChI is InChI=1S/C54H91N3O39/c1-12-26(66)33(73)37(77)50(83-12)82-11-22-44(30(70)23(47(81)85-22)55-14(3)63)92-49-24(56-15(4)64)31(71)41(19(8-60)88-49)93-53-40(80)45(29(69)18(7-59)86-53)95-52-39(79)36(76)43(21(10-62)90-52)91-48-25(57-16(5)65)32(72)42(20(9-61)89-48)94-54-46(35(75)28(68)17(6-58)87-54)96-51-38(78)34(74)27(67)13(2)84-51/h12-13,17-54,58-62,66-81H,6-11H2,1-5H3,(H,55,63)(H,56,64)(H,57,65)/t12-,13-,17+,18+,19+,20+,21+,22+,23+,24+,25+,26+,27+,28-,29+,30+,31+,32+,33+,34+,35-,36+,37-,38-,39-,40-,41+,42+,43+,44+,45-,46+,47?,48-,49-,50+,51-,52+,53-,54-/m0/s1. The second kappa shape index (κ2) is 33.8. The van der Waals surface area contributed by atoms with Gasteiger partial charge in [-0.2, -0.15) is 0 Å². The van der Waals surface area contributed by atoms with Gasteiger partial charge in [0.2, 0.25) is 17.7 Å². The first-order chi connectivity index (χ1) is 45.3. The molecule has 0 aromatic rings. The summed E-state index contributed by atoms with van der Waals surface area (Å²) in [5.74, 6) is -2.52. The van der Waals surface area contributed by atoms with Gasteiger partial charge < -0.3 is 194 Å². The van der Waals surface area contributed by atoms with Crippen molar-refractivity contribution in [3.8, 4) is 0 Å². The molecule has 96 heavy (non-hydrogen) atoms. The van der Waals surface area contributed by atoms with E-state index in [0.29, 0.717) is 0 Å². The molecule has 8 rings (SSSR count). The summed E-state index contributed by atoms with van der Waals surface area (Å²) in [4.78, 5) is 37.7. The van der Waals surface area contributed by atoms with Crippen LogP contribution in [0.2, 0.25) is 0 Å². The van der Waals surface area contributed by atoms with Crippen LogP contribution in [0, 0.1) is 0 Å². The SMILES string of the molecule is CC(=O)N[C@H]1[C@H](O[C@H]2[C@H](O)[C@@H](NC(C)=O)C(O)O[C@@H]2CO[C@@H]2O[C@@H](C)[C@@H](O)[C@@H](O)[C@@H]2O)O[C@H](CO)[C@@H](O[C@@H]2O[C@H](CO)[C@@H](O)[C@H](O[C@H]3O[C@H](CO)[C@@H](O[C@@H]4O[C@H](CO)[C@@H](O[C@@H]5O[C@H](CO)[C@H](O)[C@H](O)[C@H]5O[C@@H]5O[C@@H](C)[C@@H](O)[C@@H](O)[C@@H]5O)[C@H](O)[C@H]4NC(C)=O)[C@H](O)[C@@H]3O)[C@@H]2O)[C@@H]1O. The van der Waals surface area contributed by atoms with E-state index in [1.54, 1.807) is 0 Å². The van der Waals surface area contributed by atoms with Crippen LogP contribution in [-0.4, -0.2) is 410 Å². The van der Waals surface area contributed by atoms with E-state index >= 15 is 0 Å². The van der Waals surface area contributed by atoms with E-state index in [-0.39, 0.29) is 0 Å². The van der Waals surface area contributed by atoms with E-state index < -0.39 is 303 Å². The highest BCUT2D eigenvalue weighted by atomic mass is 16.8. The predicted molar refractivity (Wildman–Crippen MR) is 296 cm³/mol. The van der Waals surface area contributed by atoms with Crippen LogP contribution in [0.1, 0.15) is 34.6 Å². The second-order valence-corrected chi connectivity index (χ2v) is 24.6. The highest BCUT2D eigenvalue weighted by molar-refractivity contribution is 5.74. The van der Waals surface area contributed by atoms with Crippen LogP contribution in [0.3, 0.4) is 0 Å². The lowest BCUT2D eigenvalue weighted by molar-refractivity contribution is -0.394.